The number of carbonyl (C=O) groups excluding carboxylic acids is 2. The van der Waals surface area contributed by atoms with E-state index in [4.69, 9.17) is 4.74 Å². The van der Waals surface area contributed by atoms with Crippen molar-refractivity contribution in [3.63, 3.8) is 0 Å². The van der Waals surface area contributed by atoms with Crippen LogP contribution in [-0.2, 0) is 14.3 Å². The van der Waals surface area contributed by atoms with Crippen LogP contribution in [0.1, 0.15) is 52.4 Å². The van der Waals surface area contributed by atoms with Crippen LogP contribution in [0.15, 0.2) is 11.3 Å². The fourth-order valence-corrected chi connectivity index (χ4v) is 1.80. The lowest BCUT2D eigenvalue weighted by Crippen LogP contribution is -2.12. The largest absolute Gasteiger partial charge is 0.462 e. The molecule has 4 nitrogen and oxygen atoms in total. The number of rotatable bonds is 7. The van der Waals surface area contributed by atoms with E-state index in [9.17, 15) is 9.59 Å². The van der Waals surface area contributed by atoms with E-state index >= 15 is 0 Å². The molecule has 0 spiro atoms. The smallest absolute Gasteiger partial charge is 0.336 e. The van der Waals surface area contributed by atoms with Gasteiger partial charge < -0.3 is 10.1 Å². The Kier molecular flexibility index (Phi) is 5.73. The summed E-state index contributed by atoms with van der Waals surface area (Å²) in [5.74, 6) is -0.478. The van der Waals surface area contributed by atoms with E-state index in [2.05, 4.69) is 12.2 Å². The maximum atomic E-state index is 11.6. The molecule has 0 aromatic rings. The van der Waals surface area contributed by atoms with Crippen LogP contribution in [0.4, 0.5) is 0 Å². The Balaban J connectivity index is 2.17. The lowest BCUT2D eigenvalue weighted by atomic mass is 10.1. The van der Waals surface area contributed by atoms with E-state index in [-0.39, 0.29) is 18.3 Å². The molecule has 0 aromatic carbocycles. The third-order valence-corrected chi connectivity index (χ3v) is 2.84. The van der Waals surface area contributed by atoms with Gasteiger partial charge in [0, 0.05) is 5.70 Å². The fraction of sp³-hybridized carbons (Fsp3) is 0.692. The van der Waals surface area contributed by atoms with Crippen molar-refractivity contribution in [2.75, 3.05) is 6.61 Å². The average Bonchev–Trinajstić information content (AvgIpc) is 2.62. The topological polar surface area (TPSA) is 55.4 Å². The van der Waals surface area contributed by atoms with E-state index in [0.29, 0.717) is 17.9 Å². The highest BCUT2D eigenvalue weighted by atomic mass is 16.5. The molecule has 4 heteroatoms. The van der Waals surface area contributed by atoms with E-state index in [1.807, 2.05) is 0 Å². The van der Waals surface area contributed by atoms with Gasteiger partial charge in [-0.25, -0.2) is 4.79 Å². The highest BCUT2D eigenvalue weighted by Gasteiger charge is 2.24. The maximum absolute atomic E-state index is 11.6. The van der Waals surface area contributed by atoms with E-state index in [1.54, 1.807) is 6.92 Å². The van der Waals surface area contributed by atoms with Gasteiger partial charge in [0.05, 0.1) is 18.6 Å². The van der Waals surface area contributed by atoms with Crippen LogP contribution >= 0.6 is 0 Å². The van der Waals surface area contributed by atoms with Crippen molar-refractivity contribution in [1.82, 2.24) is 5.32 Å². The van der Waals surface area contributed by atoms with Crippen LogP contribution in [0.3, 0.4) is 0 Å². The molecule has 0 saturated heterocycles. The SMILES string of the molecule is CCCCCCCOC(=O)C1=C(C)NC(=O)C1. The highest BCUT2D eigenvalue weighted by molar-refractivity contribution is 5.99. The number of unbranched alkanes of at least 4 members (excludes halogenated alkanes) is 4. The lowest BCUT2D eigenvalue weighted by Gasteiger charge is -2.05. The molecular weight excluding hydrogens is 218 g/mol. The fourth-order valence-electron chi connectivity index (χ4n) is 1.80. The zero-order valence-electron chi connectivity index (χ0n) is 10.7. The van der Waals surface area contributed by atoms with Crippen molar-refractivity contribution in [2.45, 2.75) is 52.4 Å². The highest BCUT2D eigenvalue weighted by Crippen LogP contribution is 2.15. The minimum atomic E-state index is -0.351. The Morgan fingerprint density at radius 3 is 2.59 bits per heavy atom. The van der Waals surface area contributed by atoms with E-state index in [1.165, 1.54) is 19.3 Å². The molecule has 96 valence electrons. The first-order valence-electron chi connectivity index (χ1n) is 6.32. The van der Waals surface area contributed by atoms with Crippen molar-refractivity contribution >= 4 is 11.9 Å². The first-order chi connectivity index (χ1) is 8.15. The molecule has 1 aliphatic heterocycles. The van der Waals surface area contributed by atoms with Crippen molar-refractivity contribution in [2.24, 2.45) is 0 Å². The molecule has 0 bridgehead atoms. The molecular formula is C13H21NO3. The van der Waals surface area contributed by atoms with E-state index in [0.717, 1.165) is 12.8 Å². The summed E-state index contributed by atoms with van der Waals surface area (Å²) in [4.78, 5) is 22.7. The number of ether oxygens (including phenoxy) is 1. The zero-order chi connectivity index (χ0) is 12.7. The molecule has 0 unspecified atom stereocenters. The molecule has 0 fully saturated rings. The van der Waals surface area contributed by atoms with Gasteiger partial charge in [0.25, 0.3) is 0 Å². The quantitative estimate of drug-likeness (QED) is 0.548. The Hall–Kier alpha value is -1.32. The molecule has 0 saturated carbocycles. The minimum Gasteiger partial charge on any atom is -0.462 e. The molecule has 0 atom stereocenters. The molecule has 0 aromatic heterocycles. The molecule has 0 aliphatic carbocycles. The Labute approximate surface area is 102 Å². The number of carbonyl (C=O) groups is 2. The molecule has 0 radical (unpaired) electrons. The summed E-state index contributed by atoms with van der Waals surface area (Å²) >= 11 is 0. The Bertz CT molecular complexity index is 321. The summed E-state index contributed by atoms with van der Waals surface area (Å²) in [5.41, 5.74) is 1.11. The predicted octanol–water partition coefficient (Wildman–Crippen LogP) is 2.29. The summed E-state index contributed by atoms with van der Waals surface area (Å²) in [5, 5.41) is 2.61. The van der Waals surface area contributed by atoms with Crippen molar-refractivity contribution < 1.29 is 14.3 Å². The van der Waals surface area contributed by atoms with Crippen LogP contribution < -0.4 is 5.32 Å². The maximum Gasteiger partial charge on any atom is 0.336 e. The van der Waals surface area contributed by atoms with Crippen molar-refractivity contribution in [3.8, 4) is 0 Å². The zero-order valence-corrected chi connectivity index (χ0v) is 10.7. The normalized spacial score (nSPS) is 15.1. The van der Waals surface area contributed by atoms with Gasteiger partial charge in [0.1, 0.15) is 0 Å². The van der Waals surface area contributed by atoms with Gasteiger partial charge in [-0.3, -0.25) is 4.79 Å². The molecule has 1 rings (SSSR count). The second-order valence-corrected chi connectivity index (χ2v) is 4.38. The monoisotopic (exact) mass is 239 g/mol. The number of nitrogens with one attached hydrogen (secondary N) is 1. The van der Waals surface area contributed by atoms with Gasteiger partial charge in [0.2, 0.25) is 5.91 Å². The van der Waals surface area contributed by atoms with Crippen LogP contribution in [0.2, 0.25) is 0 Å². The summed E-state index contributed by atoms with van der Waals surface area (Å²) < 4.78 is 5.14. The van der Waals surface area contributed by atoms with Gasteiger partial charge in [-0.05, 0) is 13.3 Å². The number of amides is 1. The summed E-state index contributed by atoms with van der Waals surface area (Å²) in [7, 11) is 0. The molecule has 1 heterocycles. The second kappa shape index (κ2) is 7.09. The van der Waals surface area contributed by atoms with Gasteiger partial charge in [-0.15, -0.1) is 0 Å². The van der Waals surface area contributed by atoms with Crippen LogP contribution in [0.25, 0.3) is 0 Å². The van der Waals surface area contributed by atoms with Gasteiger partial charge in [0.15, 0.2) is 0 Å². The Morgan fingerprint density at radius 1 is 1.29 bits per heavy atom. The van der Waals surface area contributed by atoms with Crippen LogP contribution in [0.5, 0.6) is 0 Å². The number of allylic oxidation sites excluding steroid dienone is 1. The second-order valence-electron chi connectivity index (χ2n) is 4.38. The number of esters is 1. The van der Waals surface area contributed by atoms with Crippen molar-refractivity contribution in [1.29, 1.82) is 0 Å². The van der Waals surface area contributed by atoms with Gasteiger partial charge >= 0.3 is 5.97 Å². The lowest BCUT2D eigenvalue weighted by molar-refractivity contribution is -0.139. The van der Waals surface area contributed by atoms with Gasteiger partial charge in [-0.2, -0.15) is 0 Å². The summed E-state index contributed by atoms with van der Waals surface area (Å²) in [6.45, 7) is 4.34. The Morgan fingerprint density at radius 2 is 2.00 bits per heavy atom. The first-order valence-corrected chi connectivity index (χ1v) is 6.32. The van der Waals surface area contributed by atoms with Crippen molar-refractivity contribution in [3.05, 3.63) is 11.3 Å². The average molecular weight is 239 g/mol. The molecule has 1 N–H and O–H groups in total. The van der Waals surface area contributed by atoms with Crippen LogP contribution in [-0.4, -0.2) is 18.5 Å². The summed E-state index contributed by atoms with van der Waals surface area (Å²) in [6, 6.07) is 0. The van der Waals surface area contributed by atoms with Crippen LogP contribution in [0, 0.1) is 0 Å². The molecule has 1 aliphatic rings. The first kappa shape index (κ1) is 13.7. The molecule has 1 amide bonds. The standard InChI is InChI=1S/C13H21NO3/c1-3-4-5-6-7-8-17-13(16)11-9-12(15)14-10(11)2/h3-9H2,1-2H3,(H,14,15). The number of hydrogen-bond donors (Lipinski definition) is 1. The van der Waals surface area contributed by atoms with Gasteiger partial charge in [-0.1, -0.05) is 32.6 Å². The minimum absolute atomic E-state index is 0.127. The predicted molar refractivity (Wildman–Crippen MR) is 65.2 cm³/mol. The third-order valence-electron chi connectivity index (χ3n) is 2.84. The van der Waals surface area contributed by atoms with E-state index < -0.39 is 0 Å². The summed E-state index contributed by atoms with van der Waals surface area (Å²) in [6.07, 6.45) is 5.78. The third kappa shape index (κ3) is 4.59. The molecule has 17 heavy (non-hydrogen) atoms. The number of hydrogen-bond acceptors (Lipinski definition) is 3.